The summed E-state index contributed by atoms with van der Waals surface area (Å²) in [5.41, 5.74) is 5.93. The van der Waals surface area contributed by atoms with E-state index in [4.69, 9.17) is 10.5 Å². The van der Waals surface area contributed by atoms with Gasteiger partial charge in [0.25, 0.3) is 5.91 Å². The van der Waals surface area contributed by atoms with Gasteiger partial charge in [-0.15, -0.1) is 0 Å². The molecule has 0 bridgehead atoms. The number of nitrogens with one attached hydrogen (secondary N) is 1. The van der Waals surface area contributed by atoms with Gasteiger partial charge in [0, 0.05) is 20.2 Å². The first-order valence-corrected chi connectivity index (χ1v) is 4.79. The van der Waals surface area contributed by atoms with Crippen molar-refractivity contribution in [3.05, 3.63) is 12.0 Å². The number of anilines is 1. The fraction of sp³-hybridized carbons (Fsp3) is 0.556. The first-order valence-electron chi connectivity index (χ1n) is 4.79. The van der Waals surface area contributed by atoms with Crippen molar-refractivity contribution in [1.29, 1.82) is 0 Å². The summed E-state index contributed by atoms with van der Waals surface area (Å²) in [6, 6.07) is 0. The number of hydrogen-bond acceptors (Lipinski definition) is 4. The van der Waals surface area contributed by atoms with Gasteiger partial charge in [0.15, 0.2) is 11.5 Å². The van der Waals surface area contributed by atoms with E-state index in [1.54, 1.807) is 11.6 Å². The quantitative estimate of drug-likeness (QED) is 0.660. The number of nitrogens with zero attached hydrogens (tertiary/aromatic N) is 2. The molecule has 0 aliphatic heterocycles. The molecule has 0 spiro atoms. The minimum Gasteiger partial charge on any atom is -0.382 e. The summed E-state index contributed by atoms with van der Waals surface area (Å²) in [6.07, 6.45) is 1.51. The number of nitrogens with two attached hydrogens (primary N) is 1. The standard InChI is InChI=1S/C9H16N4O2/c1-3-15-5-4-11-9(14)7-8(10)12-6-13(7)2/h6H,3-5,10H2,1-2H3,(H,11,14). The lowest BCUT2D eigenvalue weighted by Gasteiger charge is -2.06. The fourth-order valence-corrected chi connectivity index (χ4v) is 1.19. The highest BCUT2D eigenvalue weighted by atomic mass is 16.5. The summed E-state index contributed by atoms with van der Waals surface area (Å²) in [6.45, 7) is 3.52. The van der Waals surface area contributed by atoms with E-state index in [9.17, 15) is 4.79 Å². The molecule has 0 aliphatic carbocycles. The number of carbonyl (C=O) groups is 1. The van der Waals surface area contributed by atoms with E-state index < -0.39 is 0 Å². The maximum absolute atomic E-state index is 11.6. The Morgan fingerprint density at radius 2 is 2.47 bits per heavy atom. The Hall–Kier alpha value is -1.56. The molecular formula is C9H16N4O2. The van der Waals surface area contributed by atoms with Crippen molar-refractivity contribution >= 4 is 11.7 Å². The van der Waals surface area contributed by atoms with Gasteiger partial charge in [-0.2, -0.15) is 0 Å². The Kier molecular flexibility index (Phi) is 4.11. The third-order valence-electron chi connectivity index (χ3n) is 1.92. The lowest BCUT2D eigenvalue weighted by atomic mass is 10.4. The lowest BCUT2D eigenvalue weighted by Crippen LogP contribution is -2.29. The molecule has 0 radical (unpaired) electrons. The van der Waals surface area contributed by atoms with Crippen LogP contribution in [0.5, 0.6) is 0 Å². The van der Waals surface area contributed by atoms with Crippen molar-refractivity contribution in [3.63, 3.8) is 0 Å². The fourth-order valence-electron chi connectivity index (χ4n) is 1.19. The van der Waals surface area contributed by atoms with E-state index in [1.165, 1.54) is 6.33 Å². The van der Waals surface area contributed by atoms with Gasteiger partial charge in [0.1, 0.15) is 0 Å². The number of nitrogen functional groups attached to an aromatic ring is 1. The molecule has 0 atom stereocenters. The normalized spacial score (nSPS) is 10.3. The number of amides is 1. The van der Waals surface area contributed by atoms with Crippen LogP contribution < -0.4 is 11.1 Å². The first kappa shape index (κ1) is 11.5. The molecule has 6 heteroatoms. The Labute approximate surface area is 88.4 Å². The zero-order valence-electron chi connectivity index (χ0n) is 8.99. The minimum absolute atomic E-state index is 0.229. The van der Waals surface area contributed by atoms with Crippen molar-refractivity contribution < 1.29 is 9.53 Å². The van der Waals surface area contributed by atoms with Crippen LogP contribution in [0.3, 0.4) is 0 Å². The van der Waals surface area contributed by atoms with Gasteiger partial charge in [0.2, 0.25) is 0 Å². The number of carbonyl (C=O) groups excluding carboxylic acids is 1. The summed E-state index contributed by atoms with van der Waals surface area (Å²) in [7, 11) is 1.72. The molecule has 0 saturated heterocycles. The van der Waals surface area contributed by atoms with Crippen molar-refractivity contribution in [1.82, 2.24) is 14.9 Å². The number of hydrogen-bond donors (Lipinski definition) is 2. The molecule has 1 heterocycles. The topological polar surface area (TPSA) is 82.2 Å². The summed E-state index contributed by atoms with van der Waals surface area (Å²) in [5, 5.41) is 2.70. The zero-order chi connectivity index (χ0) is 11.3. The highest BCUT2D eigenvalue weighted by molar-refractivity contribution is 5.96. The molecule has 0 unspecified atom stereocenters. The molecule has 1 aromatic rings. The minimum atomic E-state index is -0.229. The van der Waals surface area contributed by atoms with Crippen molar-refractivity contribution in [2.75, 3.05) is 25.5 Å². The van der Waals surface area contributed by atoms with Crippen LogP contribution in [0.1, 0.15) is 17.4 Å². The molecule has 0 saturated carbocycles. The average Bonchev–Trinajstić information content (AvgIpc) is 2.53. The summed E-state index contributed by atoms with van der Waals surface area (Å²) in [5.74, 6) is 0.0126. The SMILES string of the molecule is CCOCCNC(=O)c1c(N)ncn1C. The average molecular weight is 212 g/mol. The largest absolute Gasteiger partial charge is 0.382 e. The van der Waals surface area contributed by atoms with Gasteiger partial charge in [-0.05, 0) is 6.92 Å². The monoisotopic (exact) mass is 212 g/mol. The number of aryl methyl sites for hydroxylation is 1. The van der Waals surface area contributed by atoms with Crippen molar-refractivity contribution in [3.8, 4) is 0 Å². The van der Waals surface area contributed by atoms with Crippen LogP contribution in [-0.4, -0.2) is 35.2 Å². The van der Waals surface area contributed by atoms with E-state index in [2.05, 4.69) is 10.3 Å². The molecule has 0 fully saturated rings. The molecule has 1 amide bonds. The highest BCUT2D eigenvalue weighted by Gasteiger charge is 2.13. The van der Waals surface area contributed by atoms with E-state index in [0.29, 0.717) is 25.5 Å². The van der Waals surface area contributed by atoms with E-state index in [-0.39, 0.29) is 11.7 Å². The van der Waals surface area contributed by atoms with E-state index in [0.717, 1.165) is 0 Å². The molecule has 3 N–H and O–H groups in total. The number of ether oxygens (including phenoxy) is 1. The molecule has 0 aromatic carbocycles. The highest BCUT2D eigenvalue weighted by Crippen LogP contribution is 2.06. The molecule has 0 aliphatic rings. The van der Waals surface area contributed by atoms with E-state index in [1.807, 2.05) is 6.92 Å². The zero-order valence-corrected chi connectivity index (χ0v) is 8.99. The second-order valence-electron chi connectivity index (χ2n) is 3.04. The van der Waals surface area contributed by atoms with Crippen LogP contribution in [0.4, 0.5) is 5.82 Å². The van der Waals surface area contributed by atoms with Crippen molar-refractivity contribution in [2.45, 2.75) is 6.92 Å². The van der Waals surface area contributed by atoms with E-state index >= 15 is 0 Å². The summed E-state index contributed by atoms with van der Waals surface area (Å²) >= 11 is 0. The number of rotatable bonds is 5. The maximum Gasteiger partial charge on any atom is 0.271 e. The molecule has 6 nitrogen and oxygen atoms in total. The van der Waals surface area contributed by atoms with Crippen LogP contribution in [0.15, 0.2) is 6.33 Å². The molecular weight excluding hydrogens is 196 g/mol. The molecule has 84 valence electrons. The third-order valence-corrected chi connectivity index (χ3v) is 1.92. The Balaban J connectivity index is 2.47. The predicted molar refractivity (Wildman–Crippen MR) is 56.4 cm³/mol. The predicted octanol–water partition coefficient (Wildman–Crippen LogP) is -0.231. The van der Waals surface area contributed by atoms with Crippen LogP contribution in [0.2, 0.25) is 0 Å². The first-order chi connectivity index (χ1) is 7.16. The van der Waals surface area contributed by atoms with Crippen LogP contribution >= 0.6 is 0 Å². The second-order valence-corrected chi connectivity index (χ2v) is 3.04. The van der Waals surface area contributed by atoms with Gasteiger partial charge in [-0.3, -0.25) is 4.79 Å². The van der Waals surface area contributed by atoms with Gasteiger partial charge in [0.05, 0.1) is 12.9 Å². The Morgan fingerprint density at radius 3 is 3.00 bits per heavy atom. The summed E-state index contributed by atoms with van der Waals surface area (Å²) < 4.78 is 6.68. The maximum atomic E-state index is 11.6. The van der Waals surface area contributed by atoms with Gasteiger partial charge < -0.3 is 20.4 Å². The van der Waals surface area contributed by atoms with Gasteiger partial charge in [-0.1, -0.05) is 0 Å². The lowest BCUT2D eigenvalue weighted by molar-refractivity contribution is 0.0915. The number of aromatic nitrogens is 2. The summed E-state index contributed by atoms with van der Waals surface area (Å²) in [4.78, 5) is 15.4. The number of imidazole rings is 1. The van der Waals surface area contributed by atoms with Crippen molar-refractivity contribution in [2.24, 2.45) is 7.05 Å². The molecule has 15 heavy (non-hydrogen) atoms. The van der Waals surface area contributed by atoms with Crippen LogP contribution in [-0.2, 0) is 11.8 Å². The second kappa shape index (κ2) is 5.35. The van der Waals surface area contributed by atoms with Crippen LogP contribution in [0.25, 0.3) is 0 Å². The van der Waals surface area contributed by atoms with Gasteiger partial charge >= 0.3 is 0 Å². The third kappa shape index (κ3) is 2.95. The van der Waals surface area contributed by atoms with Crippen LogP contribution in [0, 0.1) is 0 Å². The smallest absolute Gasteiger partial charge is 0.271 e. The Morgan fingerprint density at radius 1 is 1.73 bits per heavy atom. The molecule has 1 aromatic heterocycles. The Bertz CT molecular complexity index is 315. The molecule has 1 rings (SSSR count). The van der Waals surface area contributed by atoms with Gasteiger partial charge in [-0.25, -0.2) is 4.98 Å².